The summed E-state index contributed by atoms with van der Waals surface area (Å²) in [7, 11) is 3.47. The molecule has 0 radical (unpaired) electrons. The first kappa shape index (κ1) is 14.5. The Morgan fingerprint density at radius 2 is 2.15 bits per heavy atom. The molecule has 0 spiro atoms. The van der Waals surface area contributed by atoms with Crippen molar-refractivity contribution in [1.82, 2.24) is 10.2 Å². The minimum atomic E-state index is -0.239. The molecule has 2 N–H and O–H groups in total. The minimum absolute atomic E-state index is 0.0211. The standard InChI is InChI=1S/C15H21N3O2/c1-18(2)14(19)9-10-16-13-8-7-11-5-3-4-6-12(11)17-15(13)20/h3-6,13,16H,7-10H2,1-2H3,(H,17,20). The lowest BCUT2D eigenvalue weighted by molar-refractivity contribution is -0.128. The van der Waals surface area contributed by atoms with Crippen LogP contribution in [0.25, 0.3) is 0 Å². The number of aryl methyl sites for hydroxylation is 1. The number of fused-ring (bicyclic) bond motifs is 1. The highest BCUT2D eigenvalue weighted by molar-refractivity contribution is 5.96. The Morgan fingerprint density at radius 3 is 2.90 bits per heavy atom. The Kier molecular flexibility index (Phi) is 4.74. The van der Waals surface area contributed by atoms with Crippen LogP contribution in [0.1, 0.15) is 18.4 Å². The van der Waals surface area contributed by atoms with Gasteiger partial charge in [-0.25, -0.2) is 0 Å². The van der Waals surface area contributed by atoms with E-state index in [4.69, 9.17) is 0 Å². The Bertz CT molecular complexity index is 500. The van der Waals surface area contributed by atoms with Crippen molar-refractivity contribution < 1.29 is 9.59 Å². The smallest absolute Gasteiger partial charge is 0.241 e. The molecule has 1 aromatic carbocycles. The average Bonchev–Trinajstić information content (AvgIpc) is 2.58. The monoisotopic (exact) mass is 275 g/mol. The van der Waals surface area contributed by atoms with Gasteiger partial charge in [-0.1, -0.05) is 18.2 Å². The second kappa shape index (κ2) is 6.52. The summed E-state index contributed by atoms with van der Waals surface area (Å²) in [4.78, 5) is 25.2. The van der Waals surface area contributed by atoms with Crippen molar-refractivity contribution in [2.75, 3.05) is 26.0 Å². The van der Waals surface area contributed by atoms with Crippen molar-refractivity contribution in [1.29, 1.82) is 0 Å². The Morgan fingerprint density at radius 1 is 1.40 bits per heavy atom. The summed E-state index contributed by atoms with van der Waals surface area (Å²) in [6, 6.07) is 7.62. The maximum Gasteiger partial charge on any atom is 0.241 e. The van der Waals surface area contributed by atoms with Gasteiger partial charge in [0.25, 0.3) is 0 Å². The molecule has 0 aliphatic carbocycles. The van der Waals surface area contributed by atoms with E-state index in [9.17, 15) is 9.59 Å². The Balaban J connectivity index is 1.89. The maximum absolute atomic E-state index is 12.1. The molecular formula is C15H21N3O2. The molecule has 20 heavy (non-hydrogen) atoms. The molecule has 5 heteroatoms. The third-order valence-electron chi connectivity index (χ3n) is 3.52. The van der Waals surface area contributed by atoms with Gasteiger partial charge in [0.05, 0.1) is 6.04 Å². The summed E-state index contributed by atoms with van der Waals surface area (Å²) in [5.41, 5.74) is 2.06. The van der Waals surface area contributed by atoms with Crippen LogP contribution in [-0.2, 0) is 16.0 Å². The fourth-order valence-electron chi connectivity index (χ4n) is 2.28. The molecule has 1 atom stereocenters. The van der Waals surface area contributed by atoms with Crippen molar-refractivity contribution in [2.24, 2.45) is 0 Å². The second-order valence-corrected chi connectivity index (χ2v) is 5.23. The first-order valence-corrected chi connectivity index (χ1v) is 6.90. The van der Waals surface area contributed by atoms with Crippen LogP contribution in [0.4, 0.5) is 5.69 Å². The predicted molar refractivity (Wildman–Crippen MR) is 78.5 cm³/mol. The Hall–Kier alpha value is -1.88. The fourth-order valence-corrected chi connectivity index (χ4v) is 2.28. The van der Waals surface area contributed by atoms with Gasteiger partial charge in [-0.3, -0.25) is 9.59 Å². The number of carbonyl (C=O) groups is 2. The van der Waals surface area contributed by atoms with E-state index in [1.165, 1.54) is 0 Å². The molecule has 0 bridgehead atoms. The third-order valence-corrected chi connectivity index (χ3v) is 3.52. The normalized spacial score (nSPS) is 17.9. The first-order chi connectivity index (χ1) is 9.58. The van der Waals surface area contributed by atoms with Crippen molar-refractivity contribution in [2.45, 2.75) is 25.3 Å². The number of nitrogens with zero attached hydrogens (tertiary/aromatic N) is 1. The van der Waals surface area contributed by atoms with E-state index >= 15 is 0 Å². The van der Waals surface area contributed by atoms with Crippen molar-refractivity contribution in [3.05, 3.63) is 29.8 Å². The molecule has 2 rings (SSSR count). The summed E-state index contributed by atoms with van der Waals surface area (Å²) in [5.74, 6) is 0.0436. The number of anilines is 1. The van der Waals surface area contributed by atoms with Crippen LogP contribution in [0.15, 0.2) is 24.3 Å². The van der Waals surface area contributed by atoms with E-state index in [-0.39, 0.29) is 17.9 Å². The van der Waals surface area contributed by atoms with Crippen molar-refractivity contribution >= 4 is 17.5 Å². The van der Waals surface area contributed by atoms with Crippen LogP contribution in [0.2, 0.25) is 0 Å². The molecule has 0 saturated carbocycles. The van der Waals surface area contributed by atoms with Gasteiger partial charge in [-0.2, -0.15) is 0 Å². The molecule has 0 fully saturated rings. The highest BCUT2D eigenvalue weighted by atomic mass is 16.2. The van der Waals surface area contributed by atoms with Gasteiger partial charge in [0.15, 0.2) is 0 Å². The number of hydrogen-bond acceptors (Lipinski definition) is 3. The van der Waals surface area contributed by atoms with E-state index in [0.717, 1.165) is 24.1 Å². The minimum Gasteiger partial charge on any atom is -0.349 e. The zero-order valence-electron chi connectivity index (χ0n) is 12.0. The van der Waals surface area contributed by atoms with Crippen LogP contribution >= 0.6 is 0 Å². The van der Waals surface area contributed by atoms with Crippen molar-refractivity contribution in [3.63, 3.8) is 0 Å². The van der Waals surface area contributed by atoms with Crippen LogP contribution in [0, 0.1) is 0 Å². The lowest BCUT2D eigenvalue weighted by Crippen LogP contribution is -2.41. The van der Waals surface area contributed by atoms with Crippen LogP contribution in [0.5, 0.6) is 0 Å². The quantitative estimate of drug-likeness (QED) is 0.862. The number of carbonyl (C=O) groups excluding carboxylic acids is 2. The molecule has 1 aliphatic heterocycles. The topological polar surface area (TPSA) is 61.4 Å². The van der Waals surface area contributed by atoms with E-state index in [2.05, 4.69) is 10.6 Å². The second-order valence-electron chi connectivity index (χ2n) is 5.23. The molecule has 2 amide bonds. The van der Waals surface area contributed by atoms with Crippen LogP contribution in [0.3, 0.4) is 0 Å². The number of benzene rings is 1. The number of hydrogen-bond donors (Lipinski definition) is 2. The zero-order chi connectivity index (χ0) is 14.5. The van der Waals surface area contributed by atoms with Gasteiger partial charge >= 0.3 is 0 Å². The van der Waals surface area contributed by atoms with Gasteiger partial charge in [-0.15, -0.1) is 0 Å². The van der Waals surface area contributed by atoms with Crippen LogP contribution < -0.4 is 10.6 Å². The fraction of sp³-hybridized carbons (Fsp3) is 0.467. The highest BCUT2D eigenvalue weighted by Gasteiger charge is 2.22. The molecular weight excluding hydrogens is 254 g/mol. The first-order valence-electron chi connectivity index (χ1n) is 6.90. The van der Waals surface area contributed by atoms with Gasteiger partial charge < -0.3 is 15.5 Å². The van der Waals surface area contributed by atoms with E-state index in [1.54, 1.807) is 19.0 Å². The van der Waals surface area contributed by atoms with Gasteiger partial charge in [0.1, 0.15) is 0 Å². The molecule has 5 nitrogen and oxygen atoms in total. The molecule has 1 heterocycles. The maximum atomic E-state index is 12.1. The van der Waals surface area contributed by atoms with Gasteiger partial charge in [0.2, 0.25) is 11.8 Å². The molecule has 108 valence electrons. The summed E-state index contributed by atoms with van der Waals surface area (Å²) in [5, 5.41) is 6.11. The van der Waals surface area contributed by atoms with E-state index in [0.29, 0.717) is 13.0 Å². The lowest BCUT2D eigenvalue weighted by Gasteiger charge is -2.16. The van der Waals surface area contributed by atoms with E-state index in [1.807, 2.05) is 24.3 Å². The van der Waals surface area contributed by atoms with Crippen LogP contribution in [-0.4, -0.2) is 43.4 Å². The average molecular weight is 275 g/mol. The number of para-hydroxylation sites is 1. The molecule has 1 aromatic rings. The number of amides is 2. The summed E-state index contributed by atoms with van der Waals surface area (Å²) in [6.07, 6.45) is 2.01. The number of nitrogens with one attached hydrogen (secondary N) is 2. The summed E-state index contributed by atoms with van der Waals surface area (Å²) < 4.78 is 0. The molecule has 1 aliphatic rings. The highest BCUT2D eigenvalue weighted by Crippen LogP contribution is 2.21. The molecule has 0 aromatic heterocycles. The van der Waals surface area contributed by atoms with E-state index < -0.39 is 0 Å². The van der Waals surface area contributed by atoms with Gasteiger partial charge in [-0.05, 0) is 24.5 Å². The van der Waals surface area contributed by atoms with Crippen molar-refractivity contribution in [3.8, 4) is 0 Å². The SMILES string of the molecule is CN(C)C(=O)CCNC1CCc2ccccc2NC1=O. The summed E-state index contributed by atoms with van der Waals surface area (Å²) >= 11 is 0. The lowest BCUT2D eigenvalue weighted by atomic mass is 10.1. The third kappa shape index (κ3) is 3.57. The predicted octanol–water partition coefficient (Wildman–Crippen LogP) is 1.01. The zero-order valence-corrected chi connectivity index (χ0v) is 12.0. The van der Waals surface area contributed by atoms with Gasteiger partial charge in [0, 0.05) is 32.7 Å². The summed E-state index contributed by atoms with van der Waals surface area (Å²) in [6.45, 7) is 0.519. The molecule has 0 saturated heterocycles. The number of rotatable bonds is 4. The largest absolute Gasteiger partial charge is 0.349 e. The molecule has 1 unspecified atom stereocenters. The Labute approximate surface area is 119 Å².